The normalized spacial score (nSPS) is 10.5. The van der Waals surface area contributed by atoms with Crippen LogP contribution in [0.5, 0.6) is 0 Å². The first kappa shape index (κ1) is 11.3. The van der Waals surface area contributed by atoms with Gasteiger partial charge in [-0.25, -0.2) is 9.78 Å². The minimum Gasteiger partial charge on any atom is -0.460 e. The smallest absolute Gasteiger partial charge is 0.378 e. The molecule has 0 saturated carbocycles. The Morgan fingerprint density at radius 1 is 1.53 bits per heavy atom. The molecule has 17 heavy (non-hydrogen) atoms. The molecule has 0 saturated heterocycles. The van der Waals surface area contributed by atoms with Gasteiger partial charge in [-0.1, -0.05) is 0 Å². The van der Waals surface area contributed by atoms with Crippen molar-refractivity contribution in [1.29, 1.82) is 0 Å². The summed E-state index contributed by atoms with van der Waals surface area (Å²) in [5.74, 6) is 0.225. The van der Waals surface area contributed by atoms with Crippen LogP contribution in [0.3, 0.4) is 0 Å². The molecule has 0 bridgehead atoms. The molecular formula is C10H13N5O2. The van der Waals surface area contributed by atoms with E-state index in [4.69, 9.17) is 4.74 Å². The van der Waals surface area contributed by atoms with Gasteiger partial charge >= 0.3 is 5.97 Å². The molecule has 90 valence electrons. The minimum atomic E-state index is -0.505. The standard InChI is InChI=1S/C10H13N5O2/c1-3-17-10(16)9-12-8(14(2)13-9)7-15-6-4-5-11-15/h4-6H,3,7H2,1-2H3. The molecule has 7 heteroatoms. The molecule has 2 heterocycles. The highest BCUT2D eigenvalue weighted by Crippen LogP contribution is 2.01. The zero-order chi connectivity index (χ0) is 12.3. The number of hydrogen-bond acceptors (Lipinski definition) is 5. The average molecular weight is 235 g/mol. The summed E-state index contributed by atoms with van der Waals surface area (Å²) in [6.45, 7) is 2.52. The maximum absolute atomic E-state index is 11.4. The number of esters is 1. The van der Waals surface area contributed by atoms with E-state index in [1.165, 1.54) is 0 Å². The van der Waals surface area contributed by atoms with Crippen LogP contribution in [-0.4, -0.2) is 37.1 Å². The van der Waals surface area contributed by atoms with Crippen molar-refractivity contribution in [3.05, 3.63) is 30.1 Å². The van der Waals surface area contributed by atoms with Crippen molar-refractivity contribution in [3.8, 4) is 0 Å². The Balaban J connectivity index is 2.16. The van der Waals surface area contributed by atoms with Crippen molar-refractivity contribution in [2.75, 3.05) is 6.61 Å². The quantitative estimate of drug-likeness (QED) is 0.709. The van der Waals surface area contributed by atoms with Crippen molar-refractivity contribution < 1.29 is 9.53 Å². The van der Waals surface area contributed by atoms with Crippen LogP contribution in [0, 0.1) is 0 Å². The first-order valence-electron chi connectivity index (χ1n) is 5.25. The number of ether oxygens (including phenoxy) is 1. The summed E-state index contributed by atoms with van der Waals surface area (Å²) in [6.07, 6.45) is 3.50. The van der Waals surface area contributed by atoms with Crippen LogP contribution in [0.15, 0.2) is 18.5 Å². The second kappa shape index (κ2) is 4.77. The lowest BCUT2D eigenvalue weighted by molar-refractivity contribution is 0.0512. The first-order chi connectivity index (χ1) is 8.20. The molecule has 2 aromatic heterocycles. The van der Waals surface area contributed by atoms with Gasteiger partial charge < -0.3 is 4.74 Å². The van der Waals surface area contributed by atoms with E-state index >= 15 is 0 Å². The summed E-state index contributed by atoms with van der Waals surface area (Å²) in [4.78, 5) is 15.5. The lowest BCUT2D eigenvalue weighted by atomic mass is 10.5. The van der Waals surface area contributed by atoms with E-state index in [0.29, 0.717) is 19.0 Å². The zero-order valence-electron chi connectivity index (χ0n) is 9.70. The van der Waals surface area contributed by atoms with E-state index in [1.54, 1.807) is 29.5 Å². The number of hydrogen-bond donors (Lipinski definition) is 0. The topological polar surface area (TPSA) is 74.8 Å². The number of carbonyl (C=O) groups is 1. The summed E-state index contributed by atoms with van der Waals surface area (Å²) >= 11 is 0. The molecule has 0 aromatic carbocycles. The highest BCUT2D eigenvalue weighted by Gasteiger charge is 2.15. The van der Waals surface area contributed by atoms with Crippen LogP contribution in [0.25, 0.3) is 0 Å². The molecule has 2 rings (SSSR count). The monoisotopic (exact) mass is 235 g/mol. The summed E-state index contributed by atoms with van der Waals surface area (Å²) in [5, 5.41) is 8.06. The minimum absolute atomic E-state index is 0.0801. The van der Waals surface area contributed by atoms with E-state index in [1.807, 2.05) is 12.3 Å². The largest absolute Gasteiger partial charge is 0.460 e. The Morgan fingerprint density at radius 2 is 2.35 bits per heavy atom. The van der Waals surface area contributed by atoms with E-state index in [0.717, 1.165) is 0 Å². The number of aromatic nitrogens is 5. The Bertz CT molecular complexity index is 503. The molecular weight excluding hydrogens is 222 g/mol. The fourth-order valence-corrected chi connectivity index (χ4v) is 1.38. The number of nitrogens with zero attached hydrogens (tertiary/aromatic N) is 5. The molecule has 0 N–H and O–H groups in total. The lowest BCUT2D eigenvalue weighted by Gasteiger charge is -1.99. The summed E-state index contributed by atoms with van der Waals surface area (Å²) in [6, 6.07) is 1.82. The van der Waals surface area contributed by atoms with E-state index in [-0.39, 0.29) is 5.82 Å². The van der Waals surface area contributed by atoms with E-state index in [9.17, 15) is 4.79 Å². The molecule has 0 unspecified atom stereocenters. The highest BCUT2D eigenvalue weighted by molar-refractivity contribution is 5.84. The van der Waals surface area contributed by atoms with Gasteiger partial charge in [0.2, 0.25) is 0 Å². The Kier molecular flexibility index (Phi) is 3.17. The predicted octanol–water partition coefficient (Wildman–Crippen LogP) is 0.237. The Labute approximate surface area is 98.0 Å². The predicted molar refractivity (Wildman–Crippen MR) is 58.3 cm³/mol. The first-order valence-corrected chi connectivity index (χ1v) is 5.25. The molecule has 7 nitrogen and oxygen atoms in total. The maximum atomic E-state index is 11.4. The zero-order valence-corrected chi connectivity index (χ0v) is 9.70. The molecule has 0 aliphatic heterocycles. The summed E-state index contributed by atoms with van der Waals surface area (Å²) < 4.78 is 8.09. The van der Waals surface area contributed by atoms with Gasteiger partial charge in [-0.2, -0.15) is 5.10 Å². The van der Waals surface area contributed by atoms with Crippen molar-refractivity contribution in [3.63, 3.8) is 0 Å². The molecule has 0 aliphatic carbocycles. The van der Waals surface area contributed by atoms with Gasteiger partial charge in [0.15, 0.2) is 0 Å². The third kappa shape index (κ3) is 2.49. The maximum Gasteiger partial charge on any atom is 0.378 e. The molecule has 0 spiro atoms. The molecule has 2 aromatic rings. The fraction of sp³-hybridized carbons (Fsp3) is 0.400. The molecule has 0 atom stereocenters. The van der Waals surface area contributed by atoms with E-state index in [2.05, 4.69) is 15.2 Å². The van der Waals surface area contributed by atoms with Crippen LogP contribution in [-0.2, 0) is 18.3 Å². The third-order valence-electron chi connectivity index (χ3n) is 2.17. The number of carbonyl (C=O) groups excluding carboxylic acids is 1. The van der Waals surface area contributed by atoms with Crippen LogP contribution < -0.4 is 0 Å². The SMILES string of the molecule is CCOC(=O)c1nc(Cn2cccn2)n(C)n1. The van der Waals surface area contributed by atoms with Crippen molar-refractivity contribution in [1.82, 2.24) is 24.5 Å². The van der Waals surface area contributed by atoms with Gasteiger partial charge in [-0.15, -0.1) is 5.10 Å². The van der Waals surface area contributed by atoms with Gasteiger partial charge in [-0.05, 0) is 13.0 Å². The average Bonchev–Trinajstić information content (AvgIpc) is 2.91. The fourth-order valence-electron chi connectivity index (χ4n) is 1.38. The second-order valence-corrected chi connectivity index (χ2v) is 3.40. The lowest BCUT2D eigenvalue weighted by Crippen LogP contribution is -2.07. The van der Waals surface area contributed by atoms with E-state index < -0.39 is 5.97 Å². The Hall–Kier alpha value is -2.18. The van der Waals surface area contributed by atoms with Gasteiger partial charge in [-0.3, -0.25) is 9.36 Å². The van der Waals surface area contributed by atoms with Gasteiger partial charge in [0.25, 0.3) is 5.82 Å². The van der Waals surface area contributed by atoms with Gasteiger partial charge in [0.1, 0.15) is 12.4 Å². The summed E-state index contributed by atoms with van der Waals surface area (Å²) in [7, 11) is 1.73. The molecule has 0 aliphatic rings. The molecule has 0 fully saturated rings. The van der Waals surface area contributed by atoms with Crippen LogP contribution in [0.1, 0.15) is 23.4 Å². The van der Waals surface area contributed by atoms with Crippen molar-refractivity contribution in [2.24, 2.45) is 7.05 Å². The van der Waals surface area contributed by atoms with Gasteiger partial charge in [0.05, 0.1) is 6.61 Å². The second-order valence-electron chi connectivity index (χ2n) is 3.40. The highest BCUT2D eigenvalue weighted by atomic mass is 16.5. The van der Waals surface area contributed by atoms with Gasteiger partial charge in [0, 0.05) is 19.4 Å². The number of rotatable bonds is 4. The summed E-state index contributed by atoms with van der Waals surface area (Å²) in [5.41, 5.74) is 0. The molecule has 0 amide bonds. The molecule has 0 radical (unpaired) electrons. The van der Waals surface area contributed by atoms with Crippen LogP contribution in [0.4, 0.5) is 0 Å². The van der Waals surface area contributed by atoms with Crippen LogP contribution >= 0.6 is 0 Å². The van der Waals surface area contributed by atoms with Crippen molar-refractivity contribution >= 4 is 5.97 Å². The third-order valence-corrected chi connectivity index (χ3v) is 2.17. The number of aryl methyl sites for hydroxylation is 1. The Morgan fingerprint density at radius 3 is 3.00 bits per heavy atom. The van der Waals surface area contributed by atoms with Crippen LogP contribution in [0.2, 0.25) is 0 Å². The van der Waals surface area contributed by atoms with Crippen molar-refractivity contribution in [2.45, 2.75) is 13.5 Å².